The van der Waals surface area contributed by atoms with Crippen molar-refractivity contribution < 1.29 is 23.1 Å². The average Bonchev–Trinajstić information content (AvgIpc) is 2.73. The van der Waals surface area contributed by atoms with Gasteiger partial charge in [-0.25, -0.2) is 18.2 Å². The highest BCUT2D eigenvalue weighted by atomic mass is 32.2. The molecule has 1 N–H and O–H groups in total. The topological polar surface area (TPSA) is 96.8 Å². The summed E-state index contributed by atoms with van der Waals surface area (Å²) in [4.78, 5) is 16.6. The number of pyridine rings is 1. The van der Waals surface area contributed by atoms with Crippen LogP contribution >= 0.6 is 0 Å². The minimum absolute atomic E-state index is 0.0158. The second-order valence-corrected chi connectivity index (χ2v) is 8.50. The van der Waals surface area contributed by atoms with Crippen LogP contribution in [0.5, 0.6) is 5.75 Å². The molecule has 2 aromatic carbocycles. The summed E-state index contributed by atoms with van der Waals surface area (Å²) in [5.74, 6) is -0.557. The lowest BCUT2D eigenvalue weighted by atomic mass is 10.0. The van der Waals surface area contributed by atoms with Gasteiger partial charge in [-0.2, -0.15) is 4.31 Å². The molecule has 0 aliphatic carbocycles. The quantitative estimate of drug-likeness (QED) is 0.582. The first-order valence-corrected chi connectivity index (χ1v) is 11.2. The monoisotopic (exact) mass is 428 g/mol. The van der Waals surface area contributed by atoms with E-state index >= 15 is 0 Å². The van der Waals surface area contributed by atoms with E-state index < -0.39 is 16.0 Å². The molecule has 7 nitrogen and oxygen atoms in total. The summed E-state index contributed by atoms with van der Waals surface area (Å²) < 4.78 is 32.7. The number of carboxylic acid groups (broad SMARTS) is 1. The standard InChI is InChI=1S/C22H24N2O5S/c1-4-24(5-2)30(27,28)15-11-12-19-17(13-15)18(22(25)26)14-20(23-19)16-9-7-8-10-21(16)29-6-3/h7-14H,4-6H2,1-3H3,(H,25,26). The van der Waals surface area contributed by atoms with Crippen LogP contribution in [0.1, 0.15) is 31.1 Å². The highest BCUT2D eigenvalue weighted by Crippen LogP contribution is 2.32. The number of carboxylic acids is 1. The van der Waals surface area contributed by atoms with Crippen molar-refractivity contribution in [2.24, 2.45) is 0 Å². The Labute approximate surface area is 176 Å². The fraction of sp³-hybridized carbons (Fsp3) is 0.273. The lowest BCUT2D eigenvalue weighted by Gasteiger charge is -2.19. The molecule has 0 saturated heterocycles. The molecule has 3 rings (SSSR count). The van der Waals surface area contributed by atoms with Crippen molar-refractivity contribution in [3.05, 3.63) is 54.1 Å². The van der Waals surface area contributed by atoms with Gasteiger partial charge in [0.25, 0.3) is 0 Å². The minimum Gasteiger partial charge on any atom is -0.493 e. The molecule has 0 unspecified atom stereocenters. The number of carbonyl (C=O) groups is 1. The summed E-state index contributed by atoms with van der Waals surface area (Å²) in [7, 11) is -3.72. The Bertz CT molecular complexity index is 1190. The first-order valence-electron chi connectivity index (χ1n) is 9.73. The summed E-state index contributed by atoms with van der Waals surface area (Å²) in [6, 6.07) is 13.1. The fourth-order valence-corrected chi connectivity index (χ4v) is 4.84. The van der Waals surface area contributed by atoms with E-state index in [1.807, 2.05) is 25.1 Å². The first-order chi connectivity index (χ1) is 14.3. The van der Waals surface area contributed by atoms with Gasteiger partial charge in [0, 0.05) is 24.0 Å². The van der Waals surface area contributed by atoms with Gasteiger partial charge >= 0.3 is 5.97 Å². The maximum Gasteiger partial charge on any atom is 0.336 e. The molecule has 0 radical (unpaired) electrons. The number of benzene rings is 2. The molecule has 0 saturated carbocycles. The Morgan fingerprint density at radius 3 is 2.40 bits per heavy atom. The van der Waals surface area contributed by atoms with Gasteiger partial charge in [-0.15, -0.1) is 0 Å². The number of nitrogens with zero attached hydrogens (tertiary/aromatic N) is 2. The SMILES string of the molecule is CCOc1ccccc1-c1cc(C(=O)O)c2cc(S(=O)(=O)N(CC)CC)ccc2n1. The second kappa shape index (κ2) is 8.81. The maximum absolute atomic E-state index is 12.9. The maximum atomic E-state index is 12.9. The number of para-hydroxylation sites is 1. The van der Waals surface area contributed by atoms with Crippen molar-refractivity contribution >= 4 is 26.9 Å². The number of ether oxygens (including phenoxy) is 1. The zero-order chi connectivity index (χ0) is 21.9. The van der Waals surface area contributed by atoms with Crippen LogP contribution in [0, 0.1) is 0 Å². The molecule has 1 aromatic heterocycles. The van der Waals surface area contributed by atoms with Crippen LogP contribution in [-0.2, 0) is 10.0 Å². The number of fused-ring (bicyclic) bond motifs is 1. The summed E-state index contributed by atoms with van der Waals surface area (Å²) >= 11 is 0. The third-order valence-corrected chi connectivity index (χ3v) is 6.86. The van der Waals surface area contributed by atoms with Crippen LogP contribution in [0.4, 0.5) is 0 Å². The van der Waals surface area contributed by atoms with Gasteiger partial charge in [0.1, 0.15) is 5.75 Å². The van der Waals surface area contributed by atoms with Crippen molar-refractivity contribution in [2.45, 2.75) is 25.7 Å². The summed E-state index contributed by atoms with van der Waals surface area (Å²) in [6.45, 7) is 6.50. The molecule has 158 valence electrons. The molecule has 0 atom stereocenters. The van der Waals surface area contributed by atoms with Crippen molar-refractivity contribution in [3.8, 4) is 17.0 Å². The van der Waals surface area contributed by atoms with Crippen LogP contribution in [-0.4, -0.2) is 48.5 Å². The third kappa shape index (κ3) is 4.01. The Balaban J connectivity index is 2.23. The molecule has 0 aliphatic rings. The largest absolute Gasteiger partial charge is 0.493 e. The molecule has 0 spiro atoms. The Morgan fingerprint density at radius 1 is 1.07 bits per heavy atom. The Kier molecular flexibility index (Phi) is 6.38. The molecule has 1 heterocycles. The van der Waals surface area contributed by atoms with Crippen LogP contribution in [0.25, 0.3) is 22.2 Å². The van der Waals surface area contributed by atoms with Crippen molar-refractivity contribution in [3.63, 3.8) is 0 Å². The summed E-state index contributed by atoms with van der Waals surface area (Å²) in [6.07, 6.45) is 0. The molecular formula is C22H24N2O5S. The summed E-state index contributed by atoms with van der Waals surface area (Å²) in [5.41, 5.74) is 1.50. The van der Waals surface area contributed by atoms with E-state index in [2.05, 4.69) is 4.98 Å². The van der Waals surface area contributed by atoms with Crippen molar-refractivity contribution in [2.75, 3.05) is 19.7 Å². The van der Waals surface area contributed by atoms with E-state index in [9.17, 15) is 18.3 Å². The summed E-state index contributed by atoms with van der Waals surface area (Å²) in [5, 5.41) is 10.1. The van der Waals surface area contributed by atoms with Crippen molar-refractivity contribution in [1.82, 2.24) is 9.29 Å². The molecule has 0 amide bonds. The van der Waals surface area contributed by atoms with Gasteiger partial charge in [-0.3, -0.25) is 0 Å². The van der Waals surface area contributed by atoms with Crippen LogP contribution in [0.3, 0.4) is 0 Å². The van der Waals surface area contributed by atoms with Gasteiger partial charge in [-0.1, -0.05) is 26.0 Å². The second-order valence-electron chi connectivity index (χ2n) is 6.56. The highest BCUT2D eigenvalue weighted by molar-refractivity contribution is 7.89. The van der Waals surface area contributed by atoms with Crippen LogP contribution in [0.2, 0.25) is 0 Å². The van der Waals surface area contributed by atoms with Gasteiger partial charge in [-0.05, 0) is 43.3 Å². The smallest absolute Gasteiger partial charge is 0.336 e. The van der Waals surface area contributed by atoms with Gasteiger partial charge in [0.15, 0.2) is 0 Å². The van der Waals surface area contributed by atoms with Gasteiger partial charge in [0.2, 0.25) is 10.0 Å². The zero-order valence-electron chi connectivity index (χ0n) is 17.1. The normalized spacial score (nSPS) is 11.7. The van der Waals surface area contributed by atoms with E-state index in [1.165, 1.54) is 22.5 Å². The molecule has 0 fully saturated rings. The number of hydrogen-bond acceptors (Lipinski definition) is 5. The lowest BCUT2D eigenvalue weighted by Crippen LogP contribution is -2.30. The molecule has 30 heavy (non-hydrogen) atoms. The van der Waals surface area contributed by atoms with Crippen molar-refractivity contribution in [1.29, 1.82) is 0 Å². The lowest BCUT2D eigenvalue weighted by molar-refractivity contribution is 0.0699. The number of aromatic nitrogens is 1. The number of hydrogen-bond donors (Lipinski definition) is 1. The molecule has 8 heteroatoms. The number of rotatable bonds is 8. The predicted molar refractivity (Wildman–Crippen MR) is 115 cm³/mol. The number of aromatic carboxylic acids is 1. The first kappa shape index (κ1) is 21.7. The fourth-order valence-electron chi connectivity index (χ4n) is 3.35. The van der Waals surface area contributed by atoms with E-state index in [1.54, 1.807) is 26.0 Å². The molecular weight excluding hydrogens is 404 g/mol. The van der Waals surface area contributed by atoms with Crippen LogP contribution in [0.15, 0.2) is 53.4 Å². The van der Waals surface area contributed by atoms with E-state index in [0.717, 1.165) is 0 Å². The molecule has 0 bridgehead atoms. The highest BCUT2D eigenvalue weighted by Gasteiger charge is 2.23. The predicted octanol–water partition coefficient (Wildman–Crippen LogP) is 4.03. The Hall–Kier alpha value is -2.97. The van der Waals surface area contributed by atoms with Crippen LogP contribution < -0.4 is 4.74 Å². The average molecular weight is 429 g/mol. The zero-order valence-corrected chi connectivity index (χ0v) is 17.9. The third-order valence-electron chi connectivity index (χ3n) is 4.82. The molecule has 3 aromatic rings. The minimum atomic E-state index is -3.72. The number of sulfonamides is 1. The van der Waals surface area contributed by atoms with E-state index in [0.29, 0.717) is 42.2 Å². The van der Waals surface area contributed by atoms with E-state index in [4.69, 9.17) is 4.74 Å². The molecule has 0 aliphatic heterocycles. The Morgan fingerprint density at radius 2 is 1.77 bits per heavy atom. The van der Waals surface area contributed by atoms with Gasteiger partial charge in [0.05, 0.1) is 28.3 Å². The van der Waals surface area contributed by atoms with E-state index in [-0.39, 0.29) is 15.8 Å². The van der Waals surface area contributed by atoms with Gasteiger partial charge < -0.3 is 9.84 Å².